The number of pyridine rings is 1. The summed E-state index contributed by atoms with van der Waals surface area (Å²) in [6.07, 6.45) is 0. The van der Waals surface area contributed by atoms with Gasteiger partial charge in [0.1, 0.15) is 5.69 Å². The molecule has 0 bridgehead atoms. The van der Waals surface area contributed by atoms with E-state index in [4.69, 9.17) is 5.11 Å². The molecule has 0 spiro atoms. The van der Waals surface area contributed by atoms with Gasteiger partial charge in [-0.2, -0.15) is 0 Å². The molecule has 19 heavy (non-hydrogen) atoms. The van der Waals surface area contributed by atoms with E-state index in [-0.39, 0.29) is 11.6 Å². The molecule has 0 saturated carbocycles. The van der Waals surface area contributed by atoms with Gasteiger partial charge in [-0.25, -0.2) is 9.78 Å². The number of hydrogen-bond donors (Lipinski definition) is 1. The van der Waals surface area contributed by atoms with E-state index in [1.807, 2.05) is 51.1 Å². The van der Waals surface area contributed by atoms with E-state index >= 15 is 0 Å². The average Bonchev–Trinajstić information content (AvgIpc) is 2.39. The molecule has 3 heteroatoms. The van der Waals surface area contributed by atoms with Gasteiger partial charge in [-0.05, 0) is 30.5 Å². The van der Waals surface area contributed by atoms with Crippen molar-refractivity contribution in [1.29, 1.82) is 0 Å². The summed E-state index contributed by atoms with van der Waals surface area (Å²) < 4.78 is 0. The maximum Gasteiger partial charge on any atom is 0.354 e. The second kappa shape index (κ2) is 5.22. The Morgan fingerprint density at radius 2 is 1.79 bits per heavy atom. The first-order chi connectivity index (χ1) is 8.97. The quantitative estimate of drug-likeness (QED) is 0.905. The Morgan fingerprint density at radius 3 is 2.32 bits per heavy atom. The summed E-state index contributed by atoms with van der Waals surface area (Å²) in [6, 6.07) is 11.5. The third-order valence-corrected chi connectivity index (χ3v) is 3.08. The molecule has 0 unspecified atom stereocenters. The number of benzene rings is 1. The summed E-state index contributed by atoms with van der Waals surface area (Å²) in [5.74, 6) is -0.721. The van der Waals surface area contributed by atoms with E-state index in [1.54, 1.807) is 6.07 Å². The minimum Gasteiger partial charge on any atom is -0.477 e. The van der Waals surface area contributed by atoms with Crippen LogP contribution in [0.25, 0.3) is 11.3 Å². The lowest BCUT2D eigenvalue weighted by Crippen LogP contribution is -2.04. The number of hydrogen-bond acceptors (Lipinski definition) is 2. The normalized spacial score (nSPS) is 10.7. The molecule has 1 aromatic carbocycles. The molecule has 0 aliphatic rings. The number of aryl methyl sites for hydroxylation is 1. The summed E-state index contributed by atoms with van der Waals surface area (Å²) in [5, 5.41) is 9.14. The highest BCUT2D eigenvalue weighted by Gasteiger charge is 2.11. The van der Waals surface area contributed by atoms with Gasteiger partial charge in [0.05, 0.1) is 5.69 Å². The molecular weight excluding hydrogens is 238 g/mol. The fourth-order valence-corrected chi connectivity index (χ4v) is 1.87. The van der Waals surface area contributed by atoms with Crippen LogP contribution in [0, 0.1) is 6.92 Å². The highest BCUT2D eigenvalue weighted by Crippen LogP contribution is 2.23. The first kappa shape index (κ1) is 13.3. The maximum absolute atomic E-state index is 11.2. The largest absolute Gasteiger partial charge is 0.477 e. The Kier molecular flexibility index (Phi) is 3.65. The minimum atomic E-state index is -0.990. The second-order valence-corrected chi connectivity index (χ2v) is 5.00. The molecule has 3 nitrogen and oxygen atoms in total. The van der Waals surface area contributed by atoms with Crippen molar-refractivity contribution in [3.05, 3.63) is 53.2 Å². The predicted octanol–water partition coefficient (Wildman–Crippen LogP) is 3.88. The van der Waals surface area contributed by atoms with Crippen molar-refractivity contribution in [2.75, 3.05) is 0 Å². The average molecular weight is 255 g/mol. The van der Waals surface area contributed by atoms with Gasteiger partial charge >= 0.3 is 5.97 Å². The van der Waals surface area contributed by atoms with Crippen LogP contribution in [-0.4, -0.2) is 16.1 Å². The third-order valence-electron chi connectivity index (χ3n) is 3.08. The van der Waals surface area contributed by atoms with Crippen LogP contribution in [0.2, 0.25) is 0 Å². The first-order valence-corrected chi connectivity index (χ1v) is 6.29. The van der Waals surface area contributed by atoms with Crippen molar-refractivity contribution in [2.24, 2.45) is 0 Å². The first-order valence-electron chi connectivity index (χ1n) is 6.29. The molecule has 98 valence electrons. The second-order valence-electron chi connectivity index (χ2n) is 5.00. The van der Waals surface area contributed by atoms with Gasteiger partial charge in [-0.1, -0.05) is 43.7 Å². The predicted molar refractivity (Wildman–Crippen MR) is 75.5 cm³/mol. The third kappa shape index (κ3) is 2.99. The van der Waals surface area contributed by atoms with Gasteiger partial charge in [0, 0.05) is 5.56 Å². The highest BCUT2D eigenvalue weighted by molar-refractivity contribution is 5.86. The molecule has 0 amide bonds. The molecule has 1 aromatic heterocycles. The number of aromatic nitrogens is 1. The highest BCUT2D eigenvalue weighted by atomic mass is 16.4. The van der Waals surface area contributed by atoms with Crippen LogP contribution >= 0.6 is 0 Å². The zero-order valence-electron chi connectivity index (χ0n) is 11.3. The van der Waals surface area contributed by atoms with E-state index in [0.29, 0.717) is 5.69 Å². The topological polar surface area (TPSA) is 50.2 Å². The molecule has 0 saturated heterocycles. The van der Waals surface area contributed by atoms with Gasteiger partial charge in [-0.3, -0.25) is 0 Å². The number of aromatic carboxylic acids is 1. The monoisotopic (exact) mass is 255 g/mol. The molecule has 0 radical (unpaired) electrons. The fourth-order valence-electron chi connectivity index (χ4n) is 1.87. The molecule has 0 fully saturated rings. The molecule has 1 N–H and O–H groups in total. The number of nitrogens with zero attached hydrogens (tertiary/aromatic N) is 1. The number of rotatable bonds is 3. The van der Waals surface area contributed by atoms with E-state index < -0.39 is 5.97 Å². The van der Waals surface area contributed by atoms with Crippen LogP contribution in [0.5, 0.6) is 0 Å². The summed E-state index contributed by atoms with van der Waals surface area (Å²) in [4.78, 5) is 15.4. The summed E-state index contributed by atoms with van der Waals surface area (Å²) >= 11 is 0. The van der Waals surface area contributed by atoms with Crippen molar-refractivity contribution >= 4 is 5.97 Å². The van der Waals surface area contributed by atoms with Crippen LogP contribution < -0.4 is 0 Å². The van der Waals surface area contributed by atoms with Gasteiger partial charge in [-0.15, -0.1) is 0 Å². The van der Waals surface area contributed by atoms with Gasteiger partial charge in [0.2, 0.25) is 0 Å². The summed E-state index contributed by atoms with van der Waals surface area (Å²) in [6.45, 7) is 6.10. The zero-order chi connectivity index (χ0) is 14.0. The van der Waals surface area contributed by atoms with Crippen molar-refractivity contribution < 1.29 is 9.90 Å². The van der Waals surface area contributed by atoms with Crippen molar-refractivity contribution in [1.82, 2.24) is 4.98 Å². The van der Waals surface area contributed by atoms with Gasteiger partial charge in [0.25, 0.3) is 0 Å². The Labute approximate surface area is 112 Å². The number of carboxylic acids is 1. The SMILES string of the molecule is Cc1ccc(-c2cc(C(C)C)cc(C(=O)O)n2)cc1. The van der Waals surface area contributed by atoms with Crippen molar-refractivity contribution in [3.8, 4) is 11.3 Å². The van der Waals surface area contributed by atoms with E-state index in [9.17, 15) is 4.79 Å². The summed E-state index contributed by atoms with van der Waals surface area (Å²) in [7, 11) is 0. The van der Waals surface area contributed by atoms with Crippen LogP contribution in [0.1, 0.15) is 41.4 Å². The Bertz CT molecular complexity index is 601. The van der Waals surface area contributed by atoms with Crippen LogP contribution in [-0.2, 0) is 0 Å². The van der Waals surface area contributed by atoms with Crippen molar-refractivity contribution in [2.45, 2.75) is 26.7 Å². The van der Waals surface area contributed by atoms with Gasteiger partial charge in [0.15, 0.2) is 0 Å². The summed E-state index contributed by atoms with van der Waals surface area (Å²) in [5.41, 5.74) is 3.91. The van der Waals surface area contributed by atoms with Crippen LogP contribution in [0.3, 0.4) is 0 Å². The Balaban J connectivity index is 2.55. The molecular formula is C16H17NO2. The molecule has 0 atom stereocenters. The van der Waals surface area contributed by atoms with Crippen LogP contribution in [0.15, 0.2) is 36.4 Å². The maximum atomic E-state index is 11.2. The minimum absolute atomic E-state index is 0.0989. The fraction of sp³-hybridized carbons (Fsp3) is 0.250. The Hall–Kier alpha value is -2.16. The number of carboxylic acid groups (broad SMARTS) is 1. The standard InChI is InChI=1S/C16H17NO2/c1-10(2)13-8-14(17-15(9-13)16(18)19)12-6-4-11(3)5-7-12/h4-10H,1-3H3,(H,18,19). The van der Waals surface area contributed by atoms with Crippen LogP contribution in [0.4, 0.5) is 0 Å². The van der Waals surface area contributed by atoms with E-state index in [1.165, 1.54) is 5.56 Å². The van der Waals surface area contributed by atoms with Gasteiger partial charge < -0.3 is 5.11 Å². The lowest BCUT2D eigenvalue weighted by atomic mass is 10.00. The zero-order valence-corrected chi connectivity index (χ0v) is 11.3. The molecule has 1 heterocycles. The lowest BCUT2D eigenvalue weighted by molar-refractivity contribution is 0.0690. The Morgan fingerprint density at radius 1 is 1.16 bits per heavy atom. The van der Waals surface area contributed by atoms with E-state index in [0.717, 1.165) is 11.1 Å². The molecule has 2 aromatic rings. The molecule has 0 aliphatic heterocycles. The molecule has 0 aliphatic carbocycles. The number of carbonyl (C=O) groups is 1. The van der Waals surface area contributed by atoms with E-state index in [2.05, 4.69) is 4.98 Å². The lowest BCUT2D eigenvalue weighted by Gasteiger charge is -2.10. The smallest absolute Gasteiger partial charge is 0.354 e. The molecule has 2 rings (SSSR count). The van der Waals surface area contributed by atoms with Crippen molar-refractivity contribution in [3.63, 3.8) is 0 Å².